The molecule has 0 bridgehead atoms. The molecule has 0 fully saturated rings. The molecule has 0 aliphatic carbocycles. The van der Waals surface area contributed by atoms with E-state index in [1.165, 1.54) is 13.2 Å². The summed E-state index contributed by atoms with van der Waals surface area (Å²) in [5, 5.41) is 12.6. The maximum absolute atomic E-state index is 12.1. The maximum atomic E-state index is 12.1. The van der Waals surface area contributed by atoms with Crippen LogP contribution in [0.2, 0.25) is 0 Å². The van der Waals surface area contributed by atoms with Gasteiger partial charge in [-0.3, -0.25) is 4.79 Å². The minimum absolute atomic E-state index is 0.0202. The zero-order valence-corrected chi connectivity index (χ0v) is 12.9. The highest BCUT2D eigenvalue weighted by Crippen LogP contribution is 2.26. The third-order valence-corrected chi connectivity index (χ3v) is 2.91. The van der Waals surface area contributed by atoms with Crippen LogP contribution in [0.1, 0.15) is 24.2 Å². The molecule has 1 rings (SSSR count). The van der Waals surface area contributed by atoms with Crippen molar-refractivity contribution in [3.8, 4) is 11.5 Å². The fraction of sp³-hybridized carbons (Fsp3) is 0.533. The fourth-order valence-electron chi connectivity index (χ4n) is 2.16. The monoisotopic (exact) mass is 280 g/mol. The van der Waals surface area contributed by atoms with Crippen LogP contribution in [-0.4, -0.2) is 50.2 Å². The molecule has 1 aromatic carbocycles. The SMILES string of the molecule is COc1ccc(C(=O)NCC(C)(C)CN(C)C)cc1O. The molecule has 0 heterocycles. The minimum Gasteiger partial charge on any atom is -0.504 e. The number of hydrogen-bond acceptors (Lipinski definition) is 4. The van der Waals surface area contributed by atoms with Crippen molar-refractivity contribution in [3.05, 3.63) is 23.8 Å². The number of rotatable bonds is 6. The Labute approximate surface area is 120 Å². The number of carbonyl (C=O) groups is 1. The smallest absolute Gasteiger partial charge is 0.251 e. The Morgan fingerprint density at radius 3 is 2.55 bits per heavy atom. The van der Waals surface area contributed by atoms with Crippen molar-refractivity contribution in [2.45, 2.75) is 13.8 Å². The molecule has 1 aromatic rings. The van der Waals surface area contributed by atoms with E-state index in [1.54, 1.807) is 12.1 Å². The topological polar surface area (TPSA) is 61.8 Å². The van der Waals surface area contributed by atoms with Gasteiger partial charge in [0.15, 0.2) is 11.5 Å². The van der Waals surface area contributed by atoms with Gasteiger partial charge in [0, 0.05) is 18.7 Å². The second-order valence-corrected chi connectivity index (χ2v) is 5.97. The Hall–Kier alpha value is -1.75. The van der Waals surface area contributed by atoms with Gasteiger partial charge in [0.05, 0.1) is 7.11 Å². The lowest BCUT2D eigenvalue weighted by Crippen LogP contribution is -2.39. The number of methoxy groups -OCH3 is 1. The van der Waals surface area contributed by atoms with E-state index in [2.05, 4.69) is 24.1 Å². The van der Waals surface area contributed by atoms with Crippen molar-refractivity contribution in [3.63, 3.8) is 0 Å². The lowest BCUT2D eigenvalue weighted by molar-refractivity contribution is 0.0929. The number of aromatic hydroxyl groups is 1. The zero-order chi connectivity index (χ0) is 15.3. The molecule has 5 nitrogen and oxygen atoms in total. The van der Waals surface area contributed by atoms with Gasteiger partial charge in [-0.2, -0.15) is 0 Å². The van der Waals surface area contributed by atoms with Crippen molar-refractivity contribution in [2.24, 2.45) is 5.41 Å². The molecule has 0 saturated heterocycles. The molecule has 112 valence electrons. The van der Waals surface area contributed by atoms with Crippen molar-refractivity contribution in [1.82, 2.24) is 10.2 Å². The number of phenols is 1. The van der Waals surface area contributed by atoms with E-state index in [0.717, 1.165) is 6.54 Å². The van der Waals surface area contributed by atoms with Crippen LogP contribution in [0.4, 0.5) is 0 Å². The average Bonchev–Trinajstić information content (AvgIpc) is 2.34. The van der Waals surface area contributed by atoms with Crippen LogP contribution in [0, 0.1) is 5.41 Å². The molecule has 5 heteroatoms. The Balaban J connectivity index is 2.65. The third-order valence-electron chi connectivity index (χ3n) is 2.91. The number of benzene rings is 1. The van der Waals surface area contributed by atoms with Gasteiger partial charge < -0.3 is 20.1 Å². The zero-order valence-electron chi connectivity index (χ0n) is 12.9. The Bertz CT molecular complexity index is 470. The number of nitrogens with zero attached hydrogens (tertiary/aromatic N) is 1. The van der Waals surface area contributed by atoms with Crippen LogP contribution in [0.5, 0.6) is 11.5 Å². The second kappa shape index (κ2) is 6.61. The van der Waals surface area contributed by atoms with Crippen LogP contribution < -0.4 is 10.1 Å². The maximum Gasteiger partial charge on any atom is 0.251 e. The Morgan fingerprint density at radius 1 is 1.40 bits per heavy atom. The predicted octanol–water partition coefficient (Wildman–Crippen LogP) is 1.72. The van der Waals surface area contributed by atoms with Crippen molar-refractivity contribution in [1.29, 1.82) is 0 Å². The molecule has 0 saturated carbocycles. The number of phenolic OH excluding ortho intramolecular Hbond substituents is 1. The number of nitrogens with one attached hydrogen (secondary N) is 1. The first-order chi connectivity index (χ1) is 9.25. The van der Waals surface area contributed by atoms with Gasteiger partial charge in [-0.15, -0.1) is 0 Å². The highest BCUT2D eigenvalue weighted by atomic mass is 16.5. The Kier molecular flexibility index (Phi) is 5.39. The van der Waals surface area contributed by atoms with E-state index < -0.39 is 0 Å². The molecule has 0 atom stereocenters. The summed E-state index contributed by atoms with van der Waals surface area (Å²) in [6.45, 7) is 5.63. The molecule has 0 radical (unpaired) electrons. The van der Waals surface area contributed by atoms with Crippen LogP contribution >= 0.6 is 0 Å². The van der Waals surface area contributed by atoms with E-state index in [9.17, 15) is 9.90 Å². The third kappa shape index (κ3) is 4.74. The van der Waals surface area contributed by atoms with Crippen LogP contribution in [0.25, 0.3) is 0 Å². The molecular formula is C15H24N2O3. The van der Waals surface area contributed by atoms with Crippen LogP contribution in [-0.2, 0) is 0 Å². The summed E-state index contributed by atoms with van der Waals surface area (Å²) >= 11 is 0. The number of hydrogen-bond donors (Lipinski definition) is 2. The van der Waals surface area contributed by atoms with E-state index in [4.69, 9.17) is 4.74 Å². The number of amides is 1. The first-order valence-electron chi connectivity index (χ1n) is 6.55. The molecule has 20 heavy (non-hydrogen) atoms. The molecule has 1 amide bonds. The van der Waals surface area contributed by atoms with Crippen molar-refractivity contribution in [2.75, 3.05) is 34.3 Å². The van der Waals surface area contributed by atoms with Gasteiger partial charge in [0.2, 0.25) is 0 Å². The molecule has 0 unspecified atom stereocenters. The van der Waals surface area contributed by atoms with E-state index in [-0.39, 0.29) is 17.1 Å². The highest BCUT2D eigenvalue weighted by Gasteiger charge is 2.20. The van der Waals surface area contributed by atoms with Crippen molar-refractivity contribution < 1.29 is 14.6 Å². The summed E-state index contributed by atoms with van der Waals surface area (Å²) < 4.78 is 4.95. The molecule has 0 spiro atoms. The lowest BCUT2D eigenvalue weighted by atomic mass is 9.93. The van der Waals surface area contributed by atoms with E-state index in [1.807, 2.05) is 14.1 Å². The van der Waals surface area contributed by atoms with Crippen molar-refractivity contribution >= 4 is 5.91 Å². The number of ether oxygens (including phenoxy) is 1. The molecule has 2 N–H and O–H groups in total. The fourth-order valence-corrected chi connectivity index (χ4v) is 2.16. The van der Waals surface area contributed by atoms with E-state index in [0.29, 0.717) is 17.9 Å². The standard InChI is InChI=1S/C15H24N2O3/c1-15(2,10-17(3)4)9-16-14(19)11-6-7-13(20-5)12(18)8-11/h6-8,18H,9-10H2,1-5H3,(H,16,19). The molecule has 0 aliphatic rings. The summed E-state index contributed by atoms with van der Waals surface area (Å²) in [6, 6.07) is 4.62. The Morgan fingerprint density at radius 2 is 2.05 bits per heavy atom. The molecular weight excluding hydrogens is 256 g/mol. The summed E-state index contributed by atoms with van der Waals surface area (Å²) in [4.78, 5) is 14.1. The van der Waals surface area contributed by atoms with Gasteiger partial charge in [-0.25, -0.2) is 0 Å². The lowest BCUT2D eigenvalue weighted by Gasteiger charge is -2.28. The summed E-state index contributed by atoms with van der Waals surface area (Å²) in [5.41, 5.74) is 0.400. The molecule has 0 aliphatic heterocycles. The normalized spacial score (nSPS) is 11.5. The second-order valence-electron chi connectivity index (χ2n) is 5.97. The van der Waals surface area contributed by atoms with Crippen LogP contribution in [0.15, 0.2) is 18.2 Å². The largest absolute Gasteiger partial charge is 0.504 e. The van der Waals surface area contributed by atoms with Gasteiger partial charge in [0.25, 0.3) is 5.91 Å². The predicted molar refractivity (Wildman–Crippen MR) is 79.3 cm³/mol. The summed E-state index contributed by atoms with van der Waals surface area (Å²) in [7, 11) is 5.48. The summed E-state index contributed by atoms with van der Waals surface area (Å²) in [6.07, 6.45) is 0. The van der Waals surface area contributed by atoms with Gasteiger partial charge in [0.1, 0.15) is 0 Å². The molecule has 0 aromatic heterocycles. The van der Waals surface area contributed by atoms with E-state index >= 15 is 0 Å². The first-order valence-corrected chi connectivity index (χ1v) is 6.55. The number of carbonyl (C=O) groups excluding carboxylic acids is 1. The first kappa shape index (κ1) is 16.3. The van der Waals surface area contributed by atoms with Gasteiger partial charge in [-0.05, 0) is 37.7 Å². The quantitative estimate of drug-likeness (QED) is 0.833. The minimum atomic E-state index is -0.199. The highest BCUT2D eigenvalue weighted by molar-refractivity contribution is 5.94. The average molecular weight is 280 g/mol. The van der Waals surface area contributed by atoms with Gasteiger partial charge >= 0.3 is 0 Å². The van der Waals surface area contributed by atoms with Gasteiger partial charge in [-0.1, -0.05) is 13.8 Å². The van der Waals surface area contributed by atoms with Crippen LogP contribution in [0.3, 0.4) is 0 Å². The summed E-state index contributed by atoms with van der Waals surface area (Å²) in [5.74, 6) is 0.122.